The zero-order valence-corrected chi connectivity index (χ0v) is 12.6. The fourth-order valence-electron chi connectivity index (χ4n) is 1.90. The summed E-state index contributed by atoms with van der Waals surface area (Å²) >= 11 is 2.98. The molecule has 3 rings (SSSR count). The first-order valence-corrected chi connectivity index (χ1v) is 8.97. The number of aromatic nitrogens is 1. The molecule has 0 aliphatic rings. The Morgan fingerprint density at radius 2 is 1.95 bits per heavy atom. The topological polar surface area (TPSA) is 73.1 Å². The Hall–Kier alpha value is -1.54. The third kappa shape index (κ3) is 2.53. The van der Waals surface area contributed by atoms with Crippen molar-refractivity contribution < 1.29 is 8.42 Å². The van der Waals surface area contributed by atoms with Crippen molar-refractivity contribution >= 4 is 32.7 Å². The van der Waals surface area contributed by atoms with Gasteiger partial charge >= 0.3 is 0 Å². The highest BCUT2D eigenvalue weighted by Crippen LogP contribution is 2.34. The first-order valence-electron chi connectivity index (χ1n) is 5.66. The average Bonchev–Trinajstić information content (AvgIpc) is 3.10. The summed E-state index contributed by atoms with van der Waals surface area (Å²) in [4.78, 5) is 5.36. The van der Waals surface area contributed by atoms with Gasteiger partial charge in [-0.15, -0.1) is 22.7 Å². The van der Waals surface area contributed by atoms with Gasteiger partial charge in [0.2, 0.25) is 10.0 Å². The number of rotatable bonds is 3. The van der Waals surface area contributed by atoms with E-state index in [2.05, 4.69) is 4.98 Å². The summed E-state index contributed by atoms with van der Waals surface area (Å²) in [6.07, 6.45) is 1.64. The van der Waals surface area contributed by atoms with Crippen LogP contribution >= 0.6 is 22.7 Å². The van der Waals surface area contributed by atoms with Gasteiger partial charge in [-0.3, -0.25) is 0 Å². The fraction of sp³-hybridized carbons (Fsp3) is 0. The molecule has 0 bridgehead atoms. The Labute approximate surface area is 124 Å². The van der Waals surface area contributed by atoms with Crippen LogP contribution in [0.1, 0.15) is 0 Å². The third-order valence-electron chi connectivity index (χ3n) is 2.75. The van der Waals surface area contributed by atoms with E-state index in [-0.39, 0.29) is 4.90 Å². The van der Waals surface area contributed by atoms with Crippen molar-refractivity contribution in [1.29, 1.82) is 0 Å². The molecule has 0 atom stereocenters. The quantitative estimate of drug-likeness (QED) is 0.805. The summed E-state index contributed by atoms with van der Waals surface area (Å²) in [6.45, 7) is 0. The lowest BCUT2D eigenvalue weighted by molar-refractivity contribution is 0.598. The van der Waals surface area contributed by atoms with Gasteiger partial charge < -0.3 is 0 Å². The van der Waals surface area contributed by atoms with Crippen LogP contribution in [0.3, 0.4) is 0 Å². The van der Waals surface area contributed by atoms with E-state index in [1.54, 1.807) is 35.0 Å². The SMILES string of the molecule is NS(=O)(=O)c1ccc(-c2cccs2)cc1-c1nccs1. The number of sulfonamides is 1. The zero-order valence-electron chi connectivity index (χ0n) is 10.2. The number of hydrogen-bond donors (Lipinski definition) is 1. The van der Waals surface area contributed by atoms with Crippen LogP contribution in [-0.2, 0) is 10.0 Å². The Morgan fingerprint density at radius 1 is 1.10 bits per heavy atom. The van der Waals surface area contributed by atoms with Crippen molar-refractivity contribution in [1.82, 2.24) is 4.98 Å². The molecule has 0 aliphatic carbocycles. The maximum absolute atomic E-state index is 11.7. The van der Waals surface area contributed by atoms with Gasteiger partial charge in [0, 0.05) is 22.0 Å². The summed E-state index contributed by atoms with van der Waals surface area (Å²) in [7, 11) is -3.78. The molecular weight excluding hydrogens is 312 g/mol. The molecular formula is C13H10N2O2S3. The second kappa shape index (κ2) is 5.10. The molecule has 7 heteroatoms. The highest BCUT2D eigenvalue weighted by Gasteiger charge is 2.18. The van der Waals surface area contributed by atoms with Crippen LogP contribution < -0.4 is 5.14 Å². The highest BCUT2D eigenvalue weighted by atomic mass is 32.2. The smallest absolute Gasteiger partial charge is 0.238 e. The lowest BCUT2D eigenvalue weighted by Gasteiger charge is -2.07. The Balaban J connectivity index is 2.24. The third-order valence-corrected chi connectivity index (χ3v) is 5.45. The Kier molecular flexibility index (Phi) is 3.43. The first-order chi connectivity index (χ1) is 9.55. The van der Waals surface area contributed by atoms with Crippen LogP contribution in [0.5, 0.6) is 0 Å². The molecule has 2 aromatic heterocycles. The largest absolute Gasteiger partial charge is 0.245 e. The van der Waals surface area contributed by atoms with E-state index in [1.165, 1.54) is 11.3 Å². The first kappa shape index (κ1) is 13.4. The summed E-state index contributed by atoms with van der Waals surface area (Å²) in [5.74, 6) is 0. The Bertz CT molecular complexity index is 823. The van der Waals surface area contributed by atoms with E-state index >= 15 is 0 Å². The monoisotopic (exact) mass is 322 g/mol. The van der Waals surface area contributed by atoms with Crippen molar-refractivity contribution in [3.05, 3.63) is 47.3 Å². The van der Waals surface area contributed by atoms with E-state index in [0.29, 0.717) is 10.6 Å². The Morgan fingerprint density at radius 3 is 2.55 bits per heavy atom. The second-order valence-corrected chi connectivity index (χ2v) is 7.44. The van der Waals surface area contributed by atoms with Crippen LogP contribution in [0.2, 0.25) is 0 Å². The summed E-state index contributed by atoms with van der Waals surface area (Å²) in [5.41, 5.74) is 1.51. The molecule has 0 fully saturated rings. The van der Waals surface area contributed by atoms with Gasteiger partial charge in [0.25, 0.3) is 0 Å². The van der Waals surface area contributed by atoms with Crippen molar-refractivity contribution in [3.63, 3.8) is 0 Å². The van der Waals surface area contributed by atoms with Gasteiger partial charge in [-0.25, -0.2) is 18.5 Å². The summed E-state index contributed by atoms with van der Waals surface area (Å²) in [5, 5.41) is 9.71. The molecule has 0 spiro atoms. The van der Waals surface area contributed by atoms with Gasteiger partial charge in [0.1, 0.15) is 5.01 Å². The molecule has 4 nitrogen and oxygen atoms in total. The molecule has 2 heterocycles. The van der Waals surface area contributed by atoms with E-state index in [1.807, 2.05) is 23.6 Å². The van der Waals surface area contributed by atoms with E-state index in [0.717, 1.165) is 10.4 Å². The van der Waals surface area contributed by atoms with Crippen LogP contribution in [0.4, 0.5) is 0 Å². The van der Waals surface area contributed by atoms with Gasteiger partial charge in [-0.1, -0.05) is 12.1 Å². The summed E-state index contributed by atoms with van der Waals surface area (Å²) in [6, 6.07) is 9.08. The van der Waals surface area contributed by atoms with Gasteiger partial charge in [0.15, 0.2) is 0 Å². The van der Waals surface area contributed by atoms with Crippen LogP contribution in [0, 0.1) is 0 Å². The molecule has 0 amide bonds. The highest BCUT2D eigenvalue weighted by molar-refractivity contribution is 7.89. The zero-order chi connectivity index (χ0) is 14.2. The predicted octanol–water partition coefficient (Wildman–Crippen LogP) is 3.19. The van der Waals surface area contributed by atoms with Crippen LogP contribution in [0.15, 0.2) is 52.2 Å². The van der Waals surface area contributed by atoms with E-state index < -0.39 is 10.0 Å². The number of nitrogens with two attached hydrogens (primary N) is 1. The standard InChI is InChI=1S/C13H10N2O2S3/c14-20(16,17)12-4-3-9(11-2-1-6-18-11)8-10(12)13-15-5-7-19-13/h1-8H,(H2,14,16,17). The van der Waals surface area contributed by atoms with Crippen molar-refractivity contribution in [2.45, 2.75) is 4.90 Å². The molecule has 0 saturated heterocycles. The number of hydrogen-bond acceptors (Lipinski definition) is 5. The molecule has 1 aromatic carbocycles. The molecule has 3 aromatic rings. The maximum atomic E-state index is 11.7. The van der Waals surface area contributed by atoms with E-state index in [9.17, 15) is 8.42 Å². The maximum Gasteiger partial charge on any atom is 0.238 e. The molecule has 2 N–H and O–H groups in total. The average molecular weight is 322 g/mol. The minimum atomic E-state index is -3.78. The van der Waals surface area contributed by atoms with Crippen LogP contribution in [0.25, 0.3) is 21.0 Å². The number of primary sulfonamides is 1. The van der Waals surface area contributed by atoms with Crippen LogP contribution in [-0.4, -0.2) is 13.4 Å². The van der Waals surface area contributed by atoms with Gasteiger partial charge in [0.05, 0.1) is 4.90 Å². The molecule has 0 saturated carbocycles. The lowest BCUT2D eigenvalue weighted by atomic mass is 10.1. The van der Waals surface area contributed by atoms with Crippen molar-refractivity contribution in [2.75, 3.05) is 0 Å². The predicted molar refractivity (Wildman–Crippen MR) is 82.2 cm³/mol. The fourth-order valence-corrected chi connectivity index (χ4v) is 4.07. The normalized spacial score (nSPS) is 11.7. The number of benzene rings is 1. The van der Waals surface area contributed by atoms with Crippen molar-refractivity contribution in [2.24, 2.45) is 5.14 Å². The van der Waals surface area contributed by atoms with E-state index in [4.69, 9.17) is 5.14 Å². The summed E-state index contributed by atoms with van der Waals surface area (Å²) < 4.78 is 23.4. The molecule has 102 valence electrons. The minimum absolute atomic E-state index is 0.104. The molecule has 0 unspecified atom stereocenters. The minimum Gasteiger partial charge on any atom is -0.245 e. The number of nitrogens with zero attached hydrogens (tertiary/aromatic N) is 1. The number of thiazole rings is 1. The lowest BCUT2D eigenvalue weighted by Crippen LogP contribution is -2.13. The van der Waals surface area contributed by atoms with Gasteiger partial charge in [-0.05, 0) is 29.1 Å². The molecule has 0 aliphatic heterocycles. The number of thiophene rings is 1. The van der Waals surface area contributed by atoms with Crippen molar-refractivity contribution in [3.8, 4) is 21.0 Å². The molecule has 0 radical (unpaired) electrons. The van der Waals surface area contributed by atoms with Gasteiger partial charge in [-0.2, -0.15) is 0 Å². The molecule has 20 heavy (non-hydrogen) atoms. The second-order valence-electron chi connectivity index (χ2n) is 4.07.